The minimum atomic E-state index is -0.583. The van der Waals surface area contributed by atoms with Gasteiger partial charge < -0.3 is 10.0 Å². The summed E-state index contributed by atoms with van der Waals surface area (Å²) < 4.78 is 0. The molecule has 1 amide bonds. The van der Waals surface area contributed by atoms with Gasteiger partial charge in [0.15, 0.2) is 0 Å². The lowest BCUT2D eigenvalue weighted by atomic mass is 10.1. The summed E-state index contributed by atoms with van der Waals surface area (Å²) >= 11 is 6.14. The van der Waals surface area contributed by atoms with E-state index in [2.05, 4.69) is 4.90 Å². The van der Waals surface area contributed by atoms with E-state index in [1.807, 2.05) is 23.1 Å². The van der Waals surface area contributed by atoms with Gasteiger partial charge in [0.1, 0.15) is 0 Å². The van der Waals surface area contributed by atoms with Crippen LogP contribution in [0.3, 0.4) is 0 Å². The van der Waals surface area contributed by atoms with Gasteiger partial charge in [0, 0.05) is 49.2 Å². The lowest BCUT2D eigenvalue weighted by molar-refractivity contribution is -0.137. The van der Waals surface area contributed by atoms with Gasteiger partial charge in [-0.05, 0) is 18.9 Å². The molecule has 1 atom stereocenters. The maximum Gasteiger partial charge on any atom is 0.225 e. The van der Waals surface area contributed by atoms with Crippen molar-refractivity contribution in [2.24, 2.45) is 5.92 Å². The summed E-state index contributed by atoms with van der Waals surface area (Å²) in [5.41, 5.74) is 0.777. The van der Waals surface area contributed by atoms with Crippen LogP contribution in [0, 0.1) is 5.92 Å². The van der Waals surface area contributed by atoms with Gasteiger partial charge in [-0.25, -0.2) is 0 Å². The molecule has 1 aliphatic carbocycles. The predicted octanol–water partition coefficient (Wildman–Crippen LogP) is 2.71. The zero-order valence-electron chi connectivity index (χ0n) is 13.5. The number of rotatable bonds is 4. The first-order chi connectivity index (χ1) is 11.1. The van der Waals surface area contributed by atoms with Crippen LogP contribution in [0.2, 0.25) is 5.02 Å². The van der Waals surface area contributed by atoms with Crippen LogP contribution < -0.4 is 0 Å². The van der Waals surface area contributed by atoms with E-state index in [0.717, 1.165) is 44.6 Å². The average Bonchev–Trinajstić information content (AvgIpc) is 3.09. The van der Waals surface area contributed by atoms with Crippen LogP contribution in [0.4, 0.5) is 0 Å². The maximum atomic E-state index is 12.4. The number of aliphatic hydroxyl groups is 1. The van der Waals surface area contributed by atoms with E-state index in [1.54, 1.807) is 6.07 Å². The maximum absolute atomic E-state index is 12.4. The van der Waals surface area contributed by atoms with Gasteiger partial charge in [-0.3, -0.25) is 9.69 Å². The highest BCUT2D eigenvalue weighted by atomic mass is 35.5. The Labute approximate surface area is 143 Å². The van der Waals surface area contributed by atoms with Crippen LogP contribution in [0.5, 0.6) is 0 Å². The molecule has 1 saturated heterocycles. The van der Waals surface area contributed by atoms with Gasteiger partial charge in [-0.1, -0.05) is 42.6 Å². The fourth-order valence-electron chi connectivity index (χ4n) is 3.67. The molecule has 1 saturated carbocycles. The van der Waals surface area contributed by atoms with Gasteiger partial charge in [0.05, 0.1) is 6.10 Å². The Morgan fingerprint density at radius 3 is 2.48 bits per heavy atom. The van der Waals surface area contributed by atoms with E-state index >= 15 is 0 Å². The third-order valence-electron chi connectivity index (χ3n) is 5.08. The fourth-order valence-corrected chi connectivity index (χ4v) is 3.93. The van der Waals surface area contributed by atoms with Gasteiger partial charge in [0.25, 0.3) is 0 Å². The van der Waals surface area contributed by atoms with Gasteiger partial charge in [-0.15, -0.1) is 0 Å². The monoisotopic (exact) mass is 336 g/mol. The largest absolute Gasteiger partial charge is 0.387 e. The molecule has 5 heteroatoms. The normalized spacial score (nSPS) is 21.6. The summed E-state index contributed by atoms with van der Waals surface area (Å²) in [5, 5.41) is 11.0. The highest BCUT2D eigenvalue weighted by Gasteiger charge is 2.29. The molecule has 23 heavy (non-hydrogen) atoms. The van der Waals surface area contributed by atoms with E-state index in [9.17, 15) is 9.90 Å². The number of amides is 1. The van der Waals surface area contributed by atoms with E-state index in [0.29, 0.717) is 17.5 Å². The molecule has 4 nitrogen and oxygen atoms in total. The zero-order valence-corrected chi connectivity index (χ0v) is 14.2. The number of carbonyl (C=O) groups excluding carboxylic acids is 1. The Kier molecular flexibility index (Phi) is 5.57. The van der Waals surface area contributed by atoms with Gasteiger partial charge in [0.2, 0.25) is 5.91 Å². The molecule has 0 bridgehead atoms. The molecule has 0 aromatic heterocycles. The number of β-amino-alcohol motifs (C(OH)–C–C–N with tert-alkyl or cyclic N) is 1. The third-order valence-corrected chi connectivity index (χ3v) is 5.43. The molecule has 2 aliphatic rings. The minimum absolute atomic E-state index is 0.260. The lowest BCUT2D eigenvalue weighted by Crippen LogP contribution is -2.50. The number of aliphatic hydroxyl groups excluding tert-OH is 1. The third kappa shape index (κ3) is 4.06. The molecule has 3 rings (SSSR count). The number of benzene rings is 1. The van der Waals surface area contributed by atoms with Crippen molar-refractivity contribution in [2.75, 3.05) is 32.7 Å². The lowest BCUT2D eigenvalue weighted by Gasteiger charge is -2.36. The molecule has 0 unspecified atom stereocenters. The number of halogens is 1. The minimum Gasteiger partial charge on any atom is -0.387 e. The van der Waals surface area contributed by atoms with Crippen LogP contribution in [-0.2, 0) is 4.79 Å². The van der Waals surface area contributed by atoms with Gasteiger partial charge >= 0.3 is 0 Å². The highest BCUT2D eigenvalue weighted by Crippen LogP contribution is 2.27. The zero-order chi connectivity index (χ0) is 16.2. The second kappa shape index (κ2) is 7.65. The van der Waals surface area contributed by atoms with Crippen LogP contribution in [0.15, 0.2) is 24.3 Å². The number of hydrogen-bond acceptors (Lipinski definition) is 3. The Morgan fingerprint density at radius 1 is 1.17 bits per heavy atom. The molecule has 1 N–H and O–H groups in total. The predicted molar refractivity (Wildman–Crippen MR) is 91.4 cm³/mol. The second-order valence-electron chi connectivity index (χ2n) is 6.64. The van der Waals surface area contributed by atoms with Crippen molar-refractivity contribution in [3.05, 3.63) is 34.9 Å². The molecule has 126 valence electrons. The smallest absolute Gasteiger partial charge is 0.225 e. The van der Waals surface area contributed by atoms with Crippen molar-refractivity contribution < 1.29 is 9.90 Å². The van der Waals surface area contributed by atoms with Crippen molar-refractivity contribution in [1.82, 2.24) is 9.80 Å². The Balaban J connectivity index is 1.49. The van der Waals surface area contributed by atoms with Crippen molar-refractivity contribution in [2.45, 2.75) is 31.8 Å². The second-order valence-corrected chi connectivity index (χ2v) is 7.05. The van der Waals surface area contributed by atoms with Crippen molar-refractivity contribution in [1.29, 1.82) is 0 Å². The average molecular weight is 337 g/mol. The SMILES string of the molecule is O=C(C1CCCC1)N1CCN(C[C@@H](O)c2ccccc2Cl)CC1. The summed E-state index contributed by atoms with van der Waals surface area (Å²) in [4.78, 5) is 16.7. The molecule has 2 fully saturated rings. The summed E-state index contributed by atoms with van der Waals surface area (Å²) in [7, 11) is 0. The molecular weight excluding hydrogens is 312 g/mol. The molecule has 1 aliphatic heterocycles. The molecular formula is C18H25ClN2O2. The van der Waals surface area contributed by atoms with Crippen LogP contribution in [0.25, 0.3) is 0 Å². The summed E-state index contributed by atoms with van der Waals surface area (Å²) in [6, 6.07) is 7.43. The summed E-state index contributed by atoms with van der Waals surface area (Å²) in [5.74, 6) is 0.601. The first kappa shape index (κ1) is 16.7. The van der Waals surface area contributed by atoms with Crippen molar-refractivity contribution in [3.63, 3.8) is 0 Å². The summed E-state index contributed by atoms with van der Waals surface area (Å²) in [6.07, 6.45) is 3.93. The van der Waals surface area contributed by atoms with Crippen LogP contribution in [0.1, 0.15) is 37.4 Å². The van der Waals surface area contributed by atoms with Crippen LogP contribution in [-0.4, -0.2) is 53.5 Å². The quantitative estimate of drug-likeness (QED) is 0.919. The highest BCUT2D eigenvalue weighted by molar-refractivity contribution is 6.31. The topological polar surface area (TPSA) is 43.8 Å². The van der Waals surface area contributed by atoms with E-state index < -0.39 is 6.10 Å². The number of carbonyl (C=O) groups is 1. The molecule has 1 aromatic rings. The van der Waals surface area contributed by atoms with E-state index in [1.165, 1.54) is 12.8 Å². The number of piperazine rings is 1. The molecule has 0 radical (unpaired) electrons. The Morgan fingerprint density at radius 2 is 1.83 bits per heavy atom. The van der Waals surface area contributed by atoms with E-state index in [4.69, 9.17) is 11.6 Å². The molecule has 1 aromatic carbocycles. The van der Waals surface area contributed by atoms with Gasteiger partial charge in [-0.2, -0.15) is 0 Å². The summed E-state index contributed by atoms with van der Waals surface area (Å²) in [6.45, 7) is 3.74. The first-order valence-electron chi connectivity index (χ1n) is 8.59. The van der Waals surface area contributed by atoms with Crippen molar-refractivity contribution >= 4 is 17.5 Å². The standard InChI is InChI=1S/C18H25ClN2O2/c19-16-8-4-3-7-15(16)17(22)13-20-9-11-21(12-10-20)18(23)14-5-1-2-6-14/h3-4,7-8,14,17,22H,1-2,5-6,9-13H2/t17-/m1/s1. The Bertz CT molecular complexity index is 538. The first-order valence-corrected chi connectivity index (χ1v) is 8.96. The number of hydrogen-bond donors (Lipinski definition) is 1. The fraction of sp³-hybridized carbons (Fsp3) is 0.611. The number of nitrogens with zero attached hydrogens (tertiary/aromatic N) is 2. The van der Waals surface area contributed by atoms with Crippen LogP contribution >= 0.6 is 11.6 Å². The van der Waals surface area contributed by atoms with Crippen molar-refractivity contribution in [3.8, 4) is 0 Å². The molecule has 0 spiro atoms. The Hall–Kier alpha value is -1.10. The van der Waals surface area contributed by atoms with E-state index in [-0.39, 0.29) is 5.92 Å². The molecule has 1 heterocycles.